The summed E-state index contributed by atoms with van der Waals surface area (Å²) in [5.41, 5.74) is 0.707. The number of hydrogen-bond donors (Lipinski definition) is 1. The van der Waals surface area contributed by atoms with E-state index in [1.165, 1.54) is 11.6 Å². The zero-order valence-corrected chi connectivity index (χ0v) is 22.5. The zero-order chi connectivity index (χ0) is 26.1. The number of aromatic nitrogens is 4. The standard InChI is InChI=1S/C25H34N6O3S/c1-9-31(15(2)3)17-12-10-16(11-13-17)26-18(32)14-35-21-19-20(27-23(28-21)25(4,5)6)29(7)24(34)30(8)22(19)33/h10-13,15H,9,14H2,1-8H3,(H,26,32). The van der Waals surface area contributed by atoms with Crippen molar-refractivity contribution in [1.82, 2.24) is 19.1 Å². The van der Waals surface area contributed by atoms with Crippen LogP contribution in [0.2, 0.25) is 0 Å². The molecule has 35 heavy (non-hydrogen) atoms. The van der Waals surface area contributed by atoms with Gasteiger partial charge in [0, 0.05) is 43.5 Å². The van der Waals surface area contributed by atoms with E-state index < -0.39 is 16.7 Å². The van der Waals surface area contributed by atoms with E-state index in [-0.39, 0.29) is 22.7 Å². The van der Waals surface area contributed by atoms with Crippen LogP contribution < -0.4 is 21.5 Å². The van der Waals surface area contributed by atoms with Crippen molar-refractivity contribution in [2.24, 2.45) is 14.1 Å². The number of carbonyl (C=O) groups is 1. The smallest absolute Gasteiger partial charge is 0.332 e. The van der Waals surface area contributed by atoms with Gasteiger partial charge in [-0.15, -0.1) is 0 Å². The number of nitrogens with zero attached hydrogens (tertiary/aromatic N) is 5. The summed E-state index contributed by atoms with van der Waals surface area (Å²) in [6, 6.07) is 8.12. The Hall–Kier alpha value is -3.14. The van der Waals surface area contributed by atoms with Gasteiger partial charge in [-0.1, -0.05) is 32.5 Å². The molecule has 0 saturated heterocycles. The maximum Gasteiger partial charge on any atom is 0.332 e. The van der Waals surface area contributed by atoms with Crippen LogP contribution in [0.3, 0.4) is 0 Å². The second-order valence-electron chi connectivity index (χ2n) is 9.77. The lowest BCUT2D eigenvalue weighted by Crippen LogP contribution is -2.38. The molecule has 10 heteroatoms. The Morgan fingerprint density at radius 3 is 2.26 bits per heavy atom. The molecule has 188 valence electrons. The predicted octanol–water partition coefficient (Wildman–Crippen LogP) is 3.29. The molecular formula is C25H34N6O3S. The van der Waals surface area contributed by atoms with Crippen molar-refractivity contribution in [3.05, 3.63) is 50.9 Å². The molecule has 0 aliphatic rings. The summed E-state index contributed by atoms with van der Waals surface area (Å²) < 4.78 is 2.38. The molecule has 1 amide bonds. The molecule has 9 nitrogen and oxygen atoms in total. The maximum atomic E-state index is 12.9. The van der Waals surface area contributed by atoms with Gasteiger partial charge >= 0.3 is 5.69 Å². The van der Waals surface area contributed by atoms with Crippen LogP contribution in [0.1, 0.15) is 47.4 Å². The normalized spacial score (nSPS) is 11.8. The third-order valence-corrected chi connectivity index (χ3v) is 6.70. The number of fused-ring (bicyclic) bond motifs is 1. The highest BCUT2D eigenvalue weighted by Crippen LogP contribution is 2.27. The molecule has 0 radical (unpaired) electrons. The summed E-state index contributed by atoms with van der Waals surface area (Å²) in [5, 5.41) is 3.53. The van der Waals surface area contributed by atoms with Gasteiger partial charge in [-0.2, -0.15) is 0 Å². The minimum atomic E-state index is -0.479. The number of amides is 1. The van der Waals surface area contributed by atoms with E-state index in [9.17, 15) is 14.4 Å². The van der Waals surface area contributed by atoms with Gasteiger partial charge in [0.2, 0.25) is 5.91 Å². The fourth-order valence-electron chi connectivity index (χ4n) is 3.78. The van der Waals surface area contributed by atoms with E-state index in [1.807, 2.05) is 45.0 Å². The third kappa shape index (κ3) is 5.58. The highest BCUT2D eigenvalue weighted by molar-refractivity contribution is 8.00. The number of nitrogens with one attached hydrogen (secondary N) is 1. The minimum Gasteiger partial charge on any atom is -0.369 e. The van der Waals surface area contributed by atoms with Gasteiger partial charge in [0.25, 0.3) is 5.56 Å². The fraction of sp³-hybridized carbons (Fsp3) is 0.480. The van der Waals surface area contributed by atoms with Gasteiger partial charge in [0.1, 0.15) is 16.2 Å². The van der Waals surface area contributed by atoms with E-state index in [0.29, 0.717) is 22.6 Å². The van der Waals surface area contributed by atoms with Crippen LogP contribution in [0.5, 0.6) is 0 Å². The number of thioether (sulfide) groups is 1. The minimum absolute atomic E-state index is 0.0521. The molecular weight excluding hydrogens is 464 g/mol. The first-order chi connectivity index (χ1) is 16.3. The Morgan fingerprint density at radius 2 is 1.71 bits per heavy atom. The Balaban J connectivity index is 1.87. The molecule has 2 aromatic heterocycles. The Morgan fingerprint density at radius 1 is 1.09 bits per heavy atom. The van der Waals surface area contributed by atoms with Crippen molar-refractivity contribution in [3.8, 4) is 0 Å². The Labute approximate surface area is 209 Å². The van der Waals surface area contributed by atoms with E-state index in [1.54, 1.807) is 7.05 Å². The molecule has 2 heterocycles. The van der Waals surface area contributed by atoms with Crippen molar-refractivity contribution >= 4 is 40.1 Å². The summed E-state index contributed by atoms with van der Waals surface area (Å²) in [4.78, 5) is 49.5. The van der Waals surface area contributed by atoms with Crippen molar-refractivity contribution in [2.45, 2.75) is 58.0 Å². The average molecular weight is 499 g/mol. The molecule has 0 saturated carbocycles. The zero-order valence-electron chi connectivity index (χ0n) is 21.7. The topological polar surface area (TPSA) is 102 Å². The van der Waals surface area contributed by atoms with Crippen LogP contribution >= 0.6 is 11.8 Å². The number of carbonyl (C=O) groups excluding carboxylic acids is 1. The molecule has 1 N–H and O–H groups in total. The van der Waals surface area contributed by atoms with Gasteiger partial charge in [-0.25, -0.2) is 14.8 Å². The van der Waals surface area contributed by atoms with Crippen LogP contribution in [0, 0.1) is 0 Å². The second kappa shape index (κ2) is 10.2. The first-order valence-electron chi connectivity index (χ1n) is 11.6. The van der Waals surface area contributed by atoms with Crippen LogP contribution in [0.25, 0.3) is 11.0 Å². The van der Waals surface area contributed by atoms with Gasteiger partial charge in [-0.05, 0) is 45.0 Å². The Bertz CT molecular complexity index is 1350. The largest absolute Gasteiger partial charge is 0.369 e. The lowest BCUT2D eigenvalue weighted by atomic mass is 9.96. The Kier molecular flexibility index (Phi) is 7.74. The SMILES string of the molecule is CCN(c1ccc(NC(=O)CSc2nc(C(C)(C)C)nc3c2c(=O)n(C)c(=O)n3C)cc1)C(C)C. The highest BCUT2D eigenvalue weighted by atomic mass is 32.2. The summed E-state index contributed by atoms with van der Waals surface area (Å²) >= 11 is 1.16. The van der Waals surface area contributed by atoms with Crippen LogP contribution in [-0.2, 0) is 24.3 Å². The fourth-order valence-corrected chi connectivity index (χ4v) is 4.60. The summed E-state index contributed by atoms with van der Waals surface area (Å²) in [6.45, 7) is 13.2. The molecule has 1 aromatic carbocycles. The number of anilines is 2. The van der Waals surface area contributed by atoms with Gasteiger partial charge in [0.15, 0.2) is 5.65 Å². The number of rotatable bonds is 7. The van der Waals surface area contributed by atoms with Crippen molar-refractivity contribution in [2.75, 3.05) is 22.5 Å². The van der Waals surface area contributed by atoms with Crippen LogP contribution in [0.15, 0.2) is 38.9 Å². The van der Waals surface area contributed by atoms with E-state index >= 15 is 0 Å². The molecule has 0 atom stereocenters. The summed E-state index contributed by atoms with van der Waals surface area (Å²) in [5.74, 6) is 0.332. The molecule has 0 fully saturated rings. The number of hydrogen-bond acceptors (Lipinski definition) is 7. The first-order valence-corrected chi connectivity index (χ1v) is 12.6. The van der Waals surface area contributed by atoms with Crippen molar-refractivity contribution in [3.63, 3.8) is 0 Å². The number of aryl methyl sites for hydroxylation is 1. The summed E-state index contributed by atoms with van der Waals surface area (Å²) in [6.07, 6.45) is 0. The molecule has 3 rings (SSSR count). The summed E-state index contributed by atoms with van der Waals surface area (Å²) in [7, 11) is 3.00. The van der Waals surface area contributed by atoms with E-state index in [2.05, 4.69) is 41.0 Å². The average Bonchev–Trinajstić information content (AvgIpc) is 2.80. The van der Waals surface area contributed by atoms with Gasteiger partial charge in [-0.3, -0.25) is 18.7 Å². The quantitative estimate of drug-likeness (QED) is 0.394. The highest BCUT2D eigenvalue weighted by Gasteiger charge is 2.24. The van der Waals surface area contributed by atoms with Crippen molar-refractivity contribution in [1.29, 1.82) is 0 Å². The molecule has 0 bridgehead atoms. The number of benzene rings is 1. The van der Waals surface area contributed by atoms with Gasteiger partial charge in [0.05, 0.1) is 5.75 Å². The van der Waals surface area contributed by atoms with Crippen LogP contribution in [0.4, 0.5) is 11.4 Å². The van der Waals surface area contributed by atoms with E-state index in [0.717, 1.165) is 28.6 Å². The van der Waals surface area contributed by atoms with Gasteiger partial charge < -0.3 is 10.2 Å². The molecule has 3 aromatic rings. The monoisotopic (exact) mass is 498 g/mol. The lowest BCUT2D eigenvalue weighted by molar-refractivity contribution is -0.113. The molecule has 0 aliphatic carbocycles. The van der Waals surface area contributed by atoms with Crippen molar-refractivity contribution < 1.29 is 4.79 Å². The first kappa shape index (κ1) is 26.5. The maximum absolute atomic E-state index is 12.9. The molecule has 0 spiro atoms. The molecule has 0 aliphatic heterocycles. The van der Waals surface area contributed by atoms with Crippen LogP contribution in [-0.4, -0.2) is 43.3 Å². The molecule has 0 unspecified atom stereocenters. The predicted molar refractivity (Wildman–Crippen MR) is 143 cm³/mol. The third-order valence-electron chi connectivity index (χ3n) is 5.72. The van der Waals surface area contributed by atoms with E-state index in [4.69, 9.17) is 0 Å². The lowest BCUT2D eigenvalue weighted by Gasteiger charge is -2.27. The second-order valence-corrected chi connectivity index (χ2v) is 10.7.